The van der Waals surface area contributed by atoms with Crippen molar-refractivity contribution in [1.29, 1.82) is 0 Å². The van der Waals surface area contributed by atoms with Crippen LogP contribution in [0.3, 0.4) is 0 Å². The Bertz CT molecular complexity index is 1310. The van der Waals surface area contributed by atoms with Gasteiger partial charge >= 0.3 is 0 Å². The first-order chi connectivity index (χ1) is 17.9. The Morgan fingerprint density at radius 2 is 2.05 bits per heavy atom. The van der Waals surface area contributed by atoms with Crippen LogP contribution in [0.25, 0.3) is 11.3 Å². The maximum Gasteiger partial charge on any atom is 0.251 e. The number of ether oxygens (including phenoxy) is 1. The highest BCUT2D eigenvalue weighted by Gasteiger charge is 2.38. The van der Waals surface area contributed by atoms with E-state index in [1.807, 2.05) is 30.3 Å². The predicted molar refractivity (Wildman–Crippen MR) is 152 cm³/mol. The summed E-state index contributed by atoms with van der Waals surface area (Å²) in [6.45, 7) is 11.9. The molecule has 7 nitrogen and oxygen atoms in total. The van der Waals surface area contributed by atoms with Crippen molar-refractivity contribution in [1.82, 2.24) is 14.5 Å². The SMILES string of the molecule is CC(C)(C)[Si](C)(C)OCC(c1cccc(Cl)c1)n1ccc(-c2ccnc(N[C@H]3CCOC[C@H]3F)n2)cc1=O. The molecule has 1 saturated heterocycles. The van der Waals surface area contributed by atoms with E-state index in [1.54, 1.807) is 29.1 Å². The molecule has 204 valence electrons. The van der Waals surface area contributed by atoms with E-state index in [1.165, 1.54) is 0 Å². The van der Waals surface area contributed by atoms with Gasteiger partial charge in [0.05, 0.1) is 31.0 Å². The zero-order valence-corrected chi connectivity index (χ0v) is 24.3. The Hall–Kier alpha value is -2.59. The summed E-state index contributed by atoms with van der Waals surface area (Å²) in [5, 5.41) is 3.71. The van der Waals surface area contributed by atoms with Crippen LogP contribution in [0.5, 0.6) is 0 Å². The van der Waals surface area contributed by atoms with E-state index >= 15 is 0 Å². The number of hydrogen-bond acceptors (Lipinski definition) is 6. The fraction of sp³-hybridized carbons (Fsp3) is 0.464. The monoisotopic (exact) mass is 558 g/mol. The third kappa shape index (κ3) is 6.69. The van der Waals surface area contributed by atoms with E-state index in [-0.39, 0.29) is 23.2 Å². The lowest BCUT2D eigenvalue weighted by Crippen LogP contribution is -2.43. The second kappa shape index (κ2) is 11.7. The first kappa shape index (κ1) is 28.4. The molecular weight excluding hydrogens is 523 g/mol. The minimum absolute atomic E-state index is 0.0340. The lowest BCUT2D eigenvalue weighted by Gasteiger charge is -2.37. The summed E-state index contributed by atoms with van der Waals surface area (Å²) in [7, 11) is -2.06. The average molecular weight is 559 g/mol. The quantitative estimate of drug-likeness (QED) is 0.336. The van der Waals surface area contributed by atoms with Crippen LogP contribution in [0.15, 0.2) is 59.7 Å². The topological polar surface area (TPSA) is 78.3 Å². The number of rotatable bonds is 8. The lowest BCUT2D eigenvalue weighted by atomic mass is 10.1. The van der Waals surface area contributed by atoms with Crippen LogP contribution in [0, 0.1) is 0 Å². The maximum absolute atomic E-state index is 14.2. The number of aromatic nitrogens is 3. The number of alkyl halides is 1. The van der Waals surface area contributed by atoms with Crippen LogP contribution in [-0.4, -0.2) is 54.9 Å². The Morgan fingerprint density at radius 1 is 1.26 bits per heavy atom. The van der Waals surface area contributed by atoms with E-state index in [9.17, 15) is 9.18 Å². The molecule has 1 aromatic carbocycles. The number of nitrogens with one attached hydrogen (secondary N) is 1. The highest BCUT2D eigenvalue weighted by atomic mass is 35.5. The summed E-state index contributed by atoms with van der Waals surface area (Å²) in [6.07, 6.45) is 2.78. The summed E-state index contributed by atoms with van der Waals surface area (Å²) in [6, 6.07) is 11.9. The minimum atomic E-state index is -2.06. The fourth-order valence-corrected chi connectivity index (χ4v) is 5.29. The number of hydrogen-bond donors (Lipinski definition) is 1. The Kier molecular flexibility index (Phi) is 8.71. The number of halogens is 2. The molecule has 1 unspecified atom stereocenters. The van der Waals surface area contributed by atoms with Crippen LogP contribution < -0.4 is 10.9 Å². The smallest absolute Gasteiger partial charge is 0.251 e. The van der Waals surface area contributed by atoms with Crippen LogP contribution in [0.4, 0.5) is 10.3 Å². The normalized spacial score (nSPS) is 19.2. The third-order valence-electron chi connectivity index (χ3n) is 7.48. The summed E-state index contributed by atoms with van der Waals surface area (Å²) >= 11 is 6.31. The summed E-state index contributed by atoms with van der Waals surface area (Å²) in [5.41, 5.74) is 1.94. The summed E-state index contributed by atoms with van der Waals surface area (Å²) in [5.74, 6) is 0.320. The second-order valence-electron chi connectivity index (χ2n) is 11.2. The van der Waals surface area contributed by atoms with Crippen molar-refractivity contribution in [3.05, 3.63) is 75.8 Å². The molecule has 1 N–H and O–H groups in total. The fourth-order valence-electron chi connectivity index (χ4n) is 4.08. The van der Waals surface area contributed by atoms with E-state index in [2.05, 4.69) is 49.1 Å². The van der Waals surface area contributed by atoms with Gasteiger partial charge in [0.2, 0.25) is 5.95 Å². The van der Waals surface area contributed by atoms with Gasteiger partial charge in [0.15, 0.2) is 8.32 Å². The van der Waals surface area contributed by atoms with E-state index in [0.29, 0.717) is 41.9 Å². The van der Waals surface area contributed by atoms with Gasteiger partial charge in [0, 0.05) is 35.7 Å². The molecule has 1 aliphatic rings. The molecule has 0 aliphatic carbocycles. The van der Waals surface area contributed by atoms with Crippen molar-refractivity contribution in [3.63, 3.8) is 0 Å². The van der Waals surface area contributed by atoms with Gasteiger partial charge in [0.1, 0.15) is 6.17 Å². The molecule has 0 radical (unpaired) electrons. The number of pyridine rings is 1. The second-order valence-corrected chi connectivity index (χ2v) is 16.4. The maximum atomic E-state index is 14.2. The van der Waals surface area contributed by atoms with Crippen molar-refractivity contribution >= 4 is 25.9 Å². The van der Waals surface area contributed by atoms with Crippen molar-refractivity contribution in [2.45, 2.75) is 63.6 Å². The van der Waals surface area contributed by atoms with Crippen molar-refractivity contribution in [2.75, 3.05) is 25.1 Å². The Morgan fingerprint density at radius 3 is 2.74 bits per heavy atom. The predicted octanol–water partition coefficient (Wildman–Crippen LogP) is 6.11. The number of anilines is 1. The van der Waals surface area contributed by atoms with Gasteiger partial charge in [0.25, 0.3) is 5.56 Å². The third-order valence-corrected chi connectivity index (χ3v) is 12.2. The van der Waals surface area contributed by atoms with Crippen LogP contribution >= 0.6 is 11.6 Å². The Labute approximate surface area is 229 Å². The molecule has 4 rings (SSSR count). The lowest BCUT2D eigenvalue weighted by molar-refractivity contribution is 0.0284. The van der Waals surface area contributed by atoms with Crippen LogP contribution in [0.1, 0.15) is 38.8 Å². The van der Waals surface area contributed by atoms with Gasteiger partial charge in [-0.3, -0.25) is 4.79 Å². The molecule has 3 aromatic rings. The van der Waals surface area contributed by atoms with Crippen molar-refractivity contribution in [3.8, 4) is 11.3 Å². The molecule has 0 saturated carbocycles. The molecule has 3 heterocycles. The summed E-state index contributed by atoms with van der Waals surface area (Å²) in [4.78, 5) is 22.2. The number of benzene rings is 1. The van der Waals surface area contributed by atoms with Crippen LogP contribution in [-0.2, 0) is 9.16 Å². The molecule has 0 bridgehead atoms. The molecule has 38 heavy (non-hydrogen) atoms. The zero-order valence-electron chi connectivity index (χ0n) is 22.6. The first-order valence-corrected chi connectivity index (χ1v) is 16.2. The van der Waals surface area contributed by atoms with E-state index in [0.717, 1.165) is 5.56 Å². The van der Waals surface area contributed by atoms with Crippen molar-refractivity contribution in [2.24, 2.45) is 0 Å². The highest BCUT2D eigenvalue weighted by molar-refractivity contribution is 6.74. The Balaban J connectivity index is 1.62. The summed E-state index contributed by atoms with van der Waals surface area (Å²) < 4.78 is 27.6. The van der Waals surface area contributed by atoms with Gasteiger partial charge in [-0.1, -0.05) is 44.5 Å². The van der Waals surface area contributed by atoms with Crippen molar-refractivity contribution < 1.29 is 13.6 Å². The zero-order chi connectivity index (χ0) is 27.5. The average Bonchev–Trinajstić information content (AvgIpc) is 2.86. The molecule has 0 spiro atoms. The van der Waals surface area contributed by atoms with Gasteiger partial charge in [-0.05, 0) is 54.4 Å². The molecule has 2 aromatic heterocycles. The first-order valence-electron chi connectivity index (χ1n) is 12.9. The molecule has 3 atom stereocenters. The molecular formula is C28H36ClFN4O3Si. The highest BCUT2D eigenvalue weighted by Crippen LogP contribution is 2.37. The largest absolute Gasteiger partial charge is 0.414 e. The van der Waals surface area contributed by atoms with Crippen LogP contribution in [0.2, 0.25) is 23.2 Å². The van der Waals surface area contributed by atoms with Gasteiger partial charge < -0.3 is 19.0 Å². The van der Waals surface area contributed by atoms with E-state index < -0.39 is 20.5 Å². The van der Waals surface area contributed by atoms with Gasteiger partial charge in [-0.2, -0.15) is 0 Å². The molecule has 1 aliphatic heterocycles. The number of nitrogens with zero attached hydrogens (tertiary/aromatic N) is 3. The van der Waals surface area contributed by atoms with Gasteiger partial charge in [-0.15, -0.1) is 0 Å². The minimum Gasteiger partial charge on any atom is -0.414 e. The van der Waals surface area contributed by atoms with E-state index in [4.69, 9.17) is 20.8 Å². The molecule has 0 amide bonds. The molecule has 1 fully saturated rings. The standard InChI is InChI=1S/C28H36ClFN4O3Si/c1-28(2,3)38(4,5)37-18-25(20-7-6-8-21(29)15-20)34-13-10-19(16-26(34)35)23-9-12-31-27(32-23)33-24-11-14-36-17-22(24)30/h6-10,12-13,15-16,22,24-25H,11,14,17-18H2,1-5H3,(H,31,32,33)/t22-,24+,25?/m1/s1. The molecule has 10 heteroatoms. The van der Waals surface area contributed by atoms with Gasteiger partial charge in [-0.25, -0.2) is 14.4 Å².